The Hall–Kier alpha value is -3.19. The zero-order chi connectivity index (χ0) is 20.4. The van der Waals surface area contributed by atoms with Gasteiger partial charge in [0.15, 0.2) is 23.9 Å². The lowest BCUT2D eigenvalue weighted by molar-refractivity contribution is 0.0478. The molecule has 29 heavy (non-hydrogen) atoms. The number of carbonyl (C=O) groups excluding carboxylic acids is 2. The molecule has 3 aromatic rings. The Balaban J connectivity index is 1.43. The highest BCUT2D eigenvalue weighted by molar-refractivity contribution is 7.17. The fourth-order valence-electron chi connectivity index (χ4n) is 2.94. The predicted octanol–water partition coefficient (Wildman–Crippen LogP) is 4.45. The van der Waals surface area contributed by atoms with Gasteiger partial charge in [-0.05, 0) is 37.1 Å². The Bertz CT molecular complexity index is 1070. The maximum Gasteiger partial charge on any atom is 0.350 e. The van der Waals surface area contributed by atoms with Crippen molar-refractivity contribution in [3.05, 3.63) is 64.2 Å². The number of fused-ring (bicyclic) bond motifs is 1. The number of hydrogen-bond donors (Lipinski definition) is 0. The van der Waals surface area contributed by atoms with Crippen molar-refractivity contribution in [1.29, 1.82) is 0 Å². The first-order chi connectivity index (χ1) is 14.0. The highest BCUT2D eigenvalue weighted by atomic mass is 32.1. The van der Waals surface area contributed by atoms with E-state index in [1.165, 1.54) is 16.9 Å². The lowest BCUT2D eigenvalue weighted by atomic mass is 10.1. The van der Waals surface area contributed by atoms with Gasteiger partial charge in [0, 0.05) is 11.1 Å². The van der Waals surface area contributed by atoms with E-state index in [0.29, 0.717) is 27.6 Å². The molecule has 0 spiro atoms. The number of benzene rings is 2. The minimum atomic E-state index is -0.550. The largest absolute Gasteiger partial charge is 0.454 e. The molecule has 0 radical (unpaired) electrons. The molecule has 0 bridgehead atoms. The van der Waals surface area contributed by atoms with Crippen LogP contribution in [0.5, 0.6) is 11.5 Å². The third-order valence-corrected chi connectivity index (χ3v) is 5.81. The molecule has 0 unspecified atom stereocenters. The van der Waals surface area contributed by atoms with Gasteiger partial charge in [-0.2, -0.15) is 0 Å². The van der Waals surface area contributed by atoms with E-state index in [9.17, 15) is 9.59 Å². The molecule has 148 valence electrons. The van der Waals surface area contributed by atoms with Crippen LogP contribution in [0.15, 0.2) is 42.5 Å². The van der Waals surface area contributed by atoms with Crippen molar-refractivity contribution in [2.75, 3.05) is 13.4 Å². The van der Waals surface area contributed by atoms with E-state index in [1.54, 1.807) is 25.1 Å². The van der Waals surface area contributed by atoms with E-state index in [4.69, 9.17) is 14.2 Å². The summed E-state index contributed by atoms with van der Waals surface area (Å²) in [6.07, 6.45) is 0.964. The van der Waals surface area contributed by atoms with Crippen LogP contribution in [0.25, 0.3) is 10.6 Å². The van der Waals surface area contributed by atoms with Crippen molar-refractivity contribution in [1.82, 2.24) is 4.98 Å². The molecular formula is C22H19NO5S. The average Bonchev–Trinajstić information content (AvgIpc) is 3.37. The first kappa shape index (κ1) is 19.1. The highest BCUT2D eigenvalue weighted by Gasteiger charge is 2.20. The third kappa shape index (κ3) is 4.00. The van der Waals surface area contributed by atoms with Crippen LogP contribution in [0.3, 0.4) is 0 Å². The Morgan fingerprint density at radius 1 is 1.10 bits per heavy atom. The second-order valence-electron chi connectivity index (χ2n) is 6.55. The molecule has 1 aliphatic rings. The van der Waals surface area contributed by atoms with Gasteiger partial charge in [0.25, 0.3) is 0 Å². The summed E-state index contributed by atoms with van der Waals surface area (Å²) in [5.74, 6) is 0.247. The molecule has 0 atom stereocenters. The number of carbonyl (C=O) groups is 2. The van der Waals surface area contributed by atoms with Crippen LogP contribution in [-0.2, 0) is 11.2 Å². The Morgan fingerprint density at radius 2 is 1.86 bits per heavy atom. The Morgan fingerprint density at radius 3 is 2.62 bits per heavy atom. The maximum atomic E-state index is 12.5. The molecular weight excluding hydrogens is 390 g/mol. The lowest BCUT2D eigenvalue weighted by Gasteiger charge is -2.04. The average molecular weight is 409 g/mol. The maximum absolute atomic E-state index is 12.5. The molecule has 0 amide bonds. The molecule has 4 rings (SSSR count). The van der Waals surface area contributed by atoms with Crippen molar-refractivity contribution >= 4 is 23.1 Å². The highest BCUT2D eigenvalue weighted by Crippen LogP contribution is 2.33. The quantitative estimate of drug-likeness (QED) is 0.442. The standard InChI is InChI=1S/C22H19NO5S/c1-3-14-4-6-15(7-5-14)21-23-13(2)20(29-21)22(25)26-11-17(24)16-8-9-18-19(10-16)28-12-27-18/h4-10H,3,11-12H2,1-2H3. The van der Waals surface area contributed by atoms with Gasteiger partial charge in [0.05, 0.1) is 5.69 Å². The van der Waals surface area contributed by atoms with Crippen LogP contribution in [-0.4, -0.2) is 30.1 Å². The Kier molecular flexibility index (Phi) is 5.31. The fourth-order valence-corrected chi connectivity index (χ4v) is 3.91. The molecule has 0 saturated carbocycles. The SMILES string of the molecule is CCc1ccc(-c2nc(C)c(C(=O)OCC(=O)c3ccc4c(c3)OCO4)s2)cc1. The molecule has 2 aromatic carbocycles. The molecule has 0 aliphatic carbocycles. The van der Waals surface area contributed by atoms with Crippen molar-refractivity contribution in [2.24, 2.45) is 0 Å². The molecule has 6 nitrogen and oxygen atoms in total. The van der Waals surface area contributed by atoms with Crippen molar-refractivity contribution in [3.8, 4) is 22.1 Å². The van der Waals surface area contributed by atoms with Gasteiger partial charge < -0.3 is 14.2 Å². The van der Waals surface area contributed by atoms with Crippen LogP contribution in [0, 0.1) is 6.92 Å². The first-order valence-electron chi connectivity index (χ1n) is 9.22. The van der Waals surface area contributed by atoms with Gasteiger partial charge in [-0.25, -0.2) is 9.78 Å². The number of nitrogens with zero attached hydrogens (tertiary/aromatic N) is 1. The molecule has 0 fully saturated rings. The van der Waals surface area contributed by atoms with E-state index in [2.05, 4.69) is 11.9 Å². The fraction of sp³-hybridized carbons (Fsp3) is 0.227. The molecule has 2 heterocycles. The van der Waals surface area contributed by atoms with Crippen molar-refractivity contribution in [2.45, 2.75) is 20.3 Å². The zero-order valence-electron chi connectivity index (χ0n) is 16.1. The number of Topliss-reactive ketones (excluding diaryl/α,β-unsaturated/α-hetero) is 1. The monoisotopic (exact) mass is 409 g/mol. The number of ether oxygens (including phenoxy) is 3. The van der Waals surface area contributed by atoms with Crippen LogP contribution in [0.4, 0.5) is 0 Å². The number of esters is 1. The second kappa shape index (κ2) is 8.05. The number of rotatable bonds is 6. The van der Waals surface area contributed by atoms with Crippen LogP contribution >= 0.6 is 11.3 Å². The van der Waals surface area contributed by atoms with E-state index in [0.717, 1.165) is 17.0 Å². The minimum Gasteiger partial charge on any atom is -0.454 e. The lowest BCUT2D eigenvalue weighted by Crippen LogP contribution is -2.14. The van der Waals surface area contributed by atoms with Gasteiger partial charge in [0.1, 0.15) is 9.88 Å². The van der Waals surface area contributed by atoms with E-state index >= 15 is 0 Å². The first-order valence-corrected chi connectivity index (χ1v) is 10.0. The number of ketones is 1. The summed E-state index contributed by atoms with van der Waals surface area (Å²) in [5.41, 5.74) is 3.18. The van der Waals surface area contributed by atoms with Crippen LogP contribution < -0.4 is 9.47 Å². The summed E-state index contributed by atoms with van der Waals surface area (Å²) < 4.78 is 15.7. The predicted molar refractivity (Wildman–Crippen MR) is 109 cm³/mol. The van der Waals surface area contributed by atoms with E-state index < -0.39 is 5.97 Å². The normalized spacial score (nSPS) is 12.1. The molecule has 0 N–H and O–H groups in total. The summed E-state index contributed by atoms with van der Waals surface area (Å²) in [6.45, 7) is 3.64. The summed E-state index contributed by atoms with van der Waals surface area (Å²) >= 11 is 1.26. The van der Waals surface area contributed by atoms with Crippen molar-refractivity contribution in [3.63, 3.8) is 0 Å². The molecule has 1 aromatic heterocycles. The summed E-state index contributed by atoms with van der Waals surface area (Å²) in [5, 5.41) is 0.749. The second-order valence-corrected chi connectivity index (χ2v) is 7.55. The Labute approximate surface area is 172 Å². The summed E-state index contributed by atoms with van der Waals surface area (Å²) in [6, 6.07) is 13.0. The zero-order valence-corrected chi connectivity index (χ0v) is 16.9. The van der Waals surface area contributed by atoms with Gasteiger partial charge >= 0.3 is 5.97 Å². The summed E-state index contributed by atoms with van der Waals surface area (Å²) in [7, 11) is 0. The number of thiazole rings is 1. The van der Waals surface area contributed by atoms with Gasteiger partial charge in [0.2, 0.25) is 6.79 Å². The number of aryl methyl sites for hydroxylation is 2. The molecule has 1 aliphatic heterocycles. The van der Waals surface area contributed by atoms with Gasteiger partial charge in [-0.3, -0.25) is 4.79 Å². The minimum absolute atomic E-state index is 0.135. The van der Waals surface area contributed by atoms with Gasteiger partial charge in [-0.15, -0.1) is 11.3 Å². The van der Waals surface area contributed by atoms with E-state index in [1.807, 2.05) is 24.3 Å². The number of hydrogen-bond acceptors (Lipinski definition) is 7. The summed E-state index contributed by atoms with van der Waals surface area (Å²) in [4.78, 5) is 29.7. The van der Waals surface area contributed by atoms with E-state index in [-0.39, 0.29) is 19.2 Å². The molecule has 0 saturated heterocycles. The van der Waals surface area contributed by atoms with Crippen LogP contribution in [0.1, 0.15) is 38.2 Å². The smallest absolute Gasteiger partial charge is 0.350 e. The topological polar surface area (TPSA) is 74.7 Å². The van der Waals surface area contributed by atoms with Gasteiger partial charge in [-0.1, -0.05) is 31.2 Å². The van der Waals surface area contributed by atoms with Crippen LogP contribution in [0.2, 0.25) is 0 Å². The third-order valence-electron chi connectivity index (χ3n) is 4.62. The number of aromatic nitrogens is 1. The van der Waals surface area contributed by atoms with Crippen molar-refractivity contribution < 1.29 is 23.8 Å². The molecule has 7 heteroatoms.